The maximum absolute atomic E-state index is 12.9. The van der Waals surface area contributed by atoms with Gasteiger partial charge in [-0.15, -0.1) is 24.0 Å². The Morgan fingerprint density at radius 3 is 2.35 bits per heavy atom. The van der Waals surface area contributed by atoms with Gasteiger partial charge in [-0.1, -0.05) is 25.0 Å². The van der Waals surface area contributed by atoms with Gasteiger partial charge >= 0.3 is 0 Å². The number of aliphatic imine (C=N–C) groups is 1. The highest BCUT2D eigenvalue weighted by Crippen LogP contribution is 2.35. The van der Waals surface area contributed by atoms with E-state index in [0.717, 1.165) is 49.4 Å². The molecule has 1 aromatic carbocycles. The first-order valence-corrected chi connectivity index (χ1v) is 8.46. The minimum Gasteiger partial charge on any atom is -0.356 e. The number of nitrogens with one attached hydrogen (secondary N) is 1. The van der Waals surface area contributed by atoms with Crippen molar-refractivity contribution in [1.82, 2.24) is 10.2 Å². The topological polar surface area (TPSA) is 27.6 Å². The zero-order chi connectivity index (χ0) is 15.4. The van der Waals surface area contributed by atoms with Crippen LogP contribution < -0.4 is 5.32 Å². The fraction of sp³-hybridized carbons (Fsp3) is 0.611. The summed E-state index contributed by atoms with van der Waals surface area (Å²) >= 11 is 0. The molecule has 1 heterocycles. The Balaban J connectivity index is 0.00000192. The van der Waals surface area contributed by atoms with Crippen molar-refractivity contribution < 1.29 is 4.39 Å². The molecular weight excluding hydrogens is 404 g/mol. The quantitative estimate of drug-likeness (QED) is 0.449. The third-order valence-electron chi connectivity index (χ3n) is 5.10. The molecule has 1 saturated heterocycles. The second kappa shape index (κ2) is 8.85. The number of benzene rings is 1. The maximum Gasteiger partial charge on any atom is 0.193 e. The zero-order valence-corrected chi connectivity index (χ0v) is 16.1. The first-order chi connectivity index (χ1) is 10.8. The molecule has 0 bridgehead atoms. The van der Waals surface area contributed by atoms with Gasteiger partial charge in [-0.05, 0) is 48.8 Å². The molecule has 0 amide bonds. The Hall–Kier alpha value is -0.850. The van der Waals surface area contributed by atoms with E-state index in [1.807, 2.05) is 19.2 Å². The highest BCUT2D eigenvalue weighted by Gasteiger charge is 2.35. The molecule has 1 aliphatic heterocycles. The molecule has 1 aliphatic carbocycles. The summed E-state index contributed by atoms with van der Waals surface area (Å²) in [5.41, 5.74) is 1.15. The van der Waals surface area contributed by atoms with Crippen LogP contribution in [0, 0.1) is 17.7 Å². The molecule has 2 unspecified atom stereocenters. The first-order valence-electron chi connectivity index (χ1n) is 8.46. The average Bonchev–Trinajstić information content (AvgIpc) is 2.97. The lowest BCUT2D eigenvalue weighted by Gasteiger charge is -2.22. The molecule has 2 aliphatic rings. The standard InChI is InChI=1S/C18H26FN3.HI/c1-20-18(21-11-10-14-6-8-17(19)9-7-14)22-12-15-4-2-3-5-16(15)13-22;/h6-9,15-16H,2-5,10-13H2,1H3,(H,20,21);1H. The zero-order valence-electron chi connectivity index (χ0n) is 13.8. The number of likely N-dealkylation sites (tertiary alicyclic amines) is 1. The summed E-state index contributed by atoms with van der Waals surface area (Å²) in [6, 6.07) is 6.75. The molecule has 0 radical (unpaired) electrons. The molecule has 23 heavy (non-hydrogen) atoms. The minimum absolute atomic E-state index is 0. The van der Waals surface area contributed by atoms with Crippen LogP contribution in [0.2, 0.25) is 0 Å². The molecule has 1 N–H and O–H groups in total. The van der Waals surface area contributed by atoms with Crippen molar-refractivity contribution >= 4 is 29.9 Å². The summed E-state index contributed by atoms with van der Waals surface area (Å²) < 4.78 is 12.9. The Labute approximate surface area is 155 Å². The molecule has 3 rings (SSSR count). The fourth-order valence-corrected chi connectivity index (χ4v) is 3.88. The summed E-state index contributed by atoms with van der Waals surface area (Å²) in [6.07, 6.45) is 6.44. The van der Waals surface area contributed by atoms with Gasteiger partial charge in [0.1, 0.15) is 5.82 Å². The monoisotopic (exact) mass is 431 g/mol. The van der Waals surface area contributed by atoms with Crippen LogP contribution >= 0.6 is 24.0 Å². The second-order valence-corrected chi connectivity index (χ2v) is 6.56. The van der Waals surface area contributed by atoms with Crippen LogP contribution in [-0.4, -0.2) is 37.5 Å². The van der Waals surface area contributed by atoms with Crippen LogP contribution in [0.3, 0.4) is 0 Å². The molecular formula is C18H27FIN3. The molecule has 1 aromatic rings. The van der Waals surface area contributed by atoms with Crippen LogP contribution in [0.4, 0.5) is 4.39 Å². The van der Waals surface area contributed by atoms with Crippen LogP contribution in [0.25, 0.3) is 0 Å². The summed E-state index contributed by atoms with van der Waals surface area (Å²) in [5, 5.41) is 3.47. The predicted octanol–water partition coefficient (Wildman–Crippen LogP) is 3.68. The lowest BCUT2D eigenvalue weighted by molar-refractivity contribution is 0.299. The van der Waals surface area contributed by atoms with E-state index in [-0.39, 0.29) is 29.8 Å². The van der Waals surface area contributed by atoms with E-state index in [0.29, 0.717) is 0 Å². The molecule has 2 atom stereocenters. The summed E-state index contributed by atoms with van der Waals surface area (Å²) in [6.45, 7) is 3.14. The van der Waals surface area contributed by atoms with Gasteiger partial charge in [0.15, 0.2) is 5.96 Å². The smallest absolute Gasteiger partial charge is 0.193 e. The van der Waals surface area contributed by atoms with Crippen LogP contribution in [0.15, 0.2) is 29.3 Å². The number of hydrogen-bond donors (Lipinski definition) is 1. The molecule has 3 nitrogen and oxygen atoms in total. The number of nitrogens with zero attached hydrogens (tertiary/aromatic N) is 2. The third kappa shape index (κ3) is 4.81. The molecule has 1 saturated carbocycles. The first kappa shape index (κ1) is 18.5. The van der Waals surface area contributed by atoms with Crippen molar-refractivity contribution in [2.24, 2.45) is 16.8 Å². The van der Waals surface area contributed by atoms with Gasteiger partial charge in [0.05, 0.1) is 0 Å². The highest BCUT2D eigenvalue weighted by atomic mass is 127. The lowest BCUT2D eigenvalue weighted by atomic mass is 9.82. The minimum atomic E-state index is -0.174. The summed E-state index contributed by atoms with van der Waals surface area (Å²) in [4.78, 5) is 6.87. The van der Waals surface area contributed by atoms with Gasteiger partial charge in [0.2, 0.25) is 0 Å². The van der Waals surface area contributed by atoms with E-state index in [9.17, 15) is 4.39 Å². The van der Waals surface area contributed by atoms with Gasteiger partial charge in [-0.2, -0.15) is 0 Å². The van der Waals surface area contributed by atoms with Gasteiger partial charge < -0.3 is 10.2 Å². The van der Waals surface area contributed by atoms with E-state index >= 15 is 0 Å². The molecule has 0 aromatic heterocycles. The van der Waals surface area contributed by atoms with Crippen LogP contribution in [0.1, 0.15) is 31.2 Å². The Morgan fingerprint density at radius 1 is 1.17 bits per heavy atom. The molecule has 2 fully saturated rings. The van der Waals surface area contributed by atoms with Gasteiger partial charge in [0, 0.05) is 26.7 Å². The van der Waals surface area contributed by atoms with Crippen molar-refractivity contribution in [3.8, 4) is 0 Å². The summed E-state index contributed by atoms with van der Waals surface area (Å²) in [7, 11) is 1.86. The molecule has 128 valence electrons. The Morgan fingerprint density at radius 2 is 1.78 bits per heavy atom. The fourth-order valence-electron chi connectivity index (χ4n) is 3.88. The van der Waals surface area contributed by atoms with Gasteiger partial charge in [-0.3, -0.25) is 4.99 Å². The van der Waals surface area contributed by atoms with Crippen molar-refractivity contribution in [2.75, 3.05) is 26.7 Å². The van der Waals surface area contributed by atoms with Crippen molar-refractivity contribution in [3.05, 3.63) is 35.6 Å². The lowest BCUT2D eigenvalue weighted by Crippen LogP contribution is -2.41. The number of guanidine groups is 1. The highest BCUT2D eigenvalue weighted by molar-refractivity contribution is 14.0. The average molecular weight is 431 g/mol. The largest absolute Gasteiger partial charge is 0.356 e. The van der Waals surface area contributed by atoms with E-state index in [4.69, 9.17) is 0 Å². The Kier molecular flexibility index (Phi) is 7.11. The predicted molar refractivity (Wildman–Crippen MR) is 104 cm³/mol. The normalized spacial score (nSPS) is 24.1. The van der Waals surface area contributed by atoms with Crippen LogP contribution in [-0.2, 0) is 6.42 Å². The van der Waals surface area contributed by atoms with Crippen molar-refractivity contribution in [1.29, 1.82) is 0 Å². The van der Waals surface area contributed by atoms with Crippen molar-refractivity contribution in [3.63, 3.8) is 0 Å². The van der Waals surface area contributed by atoms with Gasteiger partial charge in [-0.25, -0.2) is 4.39 Å². The second-order valence-electron chi connectivity index (χ2n) is 6.56. The van der Waals surface area contributed by atoms with Crippen molar-refractivity contribution in [2.45, 2.75) is 32.1 Å². The maximum atomic E-state index is 12.9. The van der Waals surface area contributed by atoms with E-state index < -0.39 is 0 Å². The number of hydrogen-bond acceptors (Lipinski definition) is 1. The van der Waals surface area contributed by atoms with E-state index in [2.05, 4.69) is 15.2 Å². The number of fused-ring (bicyclic) bond motifs is 1. The van der Waals surface area contributed by atoms with E-state index in [1.54, 1.807) is 0 Å². The van der Waals surface area contributed by atoms with Gasteiger partial charge in [0.25, 0.3) is 0 Å². The molecule has 5 heteroatoms. The van der Waals surface area contributed by atoms with E-state index in [1.165, 1.54) is 37.8 Å². The molecule has 0 spiro atoms. The number of rotatable bonds is 3. The number of halogens is 2. The van der Waals surface area contributed by atoms with Crippen LogP contribution in [0.5, 0.6) is 0 Å². The SMILES string of the molecule is CN=C(NCCc1ccc(F)cc1)N1CC2CCCCC2C1.I. The Bertz CT molecular complexity index is 504. The summed E-state index contributed by atoms with van der Waals surface area (Å²) in [5.74, 6) is 2.58. The third-order valence-corrected chi connectivity index (χ3v) is 5.10.